The summed E-state index contributed by atoms with van der Waals surface area (Å²) in [6, 6.07) is 13.5. The Kier molecular flexibility index (Phi) is 5.88. The summed E-state index contributed by atoms with van der Waals surface area (Å²) in [5.41, 5.74) is 0.367. The summed E-state index contributed by atoms with van der Waals surface area (Å²) in [6.45, 7) is 0.909. The Morgan fingerprint density at radius 2 is 1.63 bits per heavy atom. The molecule has 0 fully saturated rings. The average molecular weight is 369 g/mol. The van der Waals surface area contributed by atoms with Gasteiger partial charge in [-0.1, -0.05) is 12.1 Å². The van der Waals surface area contributed by atoms with Crippen LogP contribution in [-0.4, -0.2) is 22.3 Å². The average Bonchev–Trinajstić information content (AvgIpc) is 3.35. The standard InChI is InChI=1S/C19H19N3O5/c23-19(9-10-20-17-7-1-2-8-18(17)22(24)25)21(13-15-5-3-11-26-15)14-16-6-4-12-27-16/h1-8,11-12,20H,9-10,13-14H2. The largest absolute Gasteiger partial charge is 0.467 e. The van der Waals surface area contributed by atoms with Gasteiger partial charge in [-0.15, -0.1) is 0 Å². The molecule has 2 heterocycles. The van der Waals surface area contributed by atoms with Crippen LogP contribution in [0.1, 0.15) is 17.9 Å². The first-order chi connectivity index (χ1) is 13.1. The van der Waals surface area contributed by atoms with E-state index in [1.807, 2.05) is 0 Å². The molecule has 0 spiro atoms. The molecule has 3 rings (SSSR count). The molecule has 1 N–H and O–H groups in total. The second-order valence-electron chi connectivity index (χ2n) is 5.86. The molecular weight excluding hydrogens is 350 g/mol. The summed E-state index contributed by atoms with van der Waals surface area (Å²) in [5.74, 6) is 1.22. The smallest absolute Gasteiger partial charge is 0.292 e. The zero-order chi connectivity index (χ0) is 19.1. The van der Waals surface area contributed by atoms with Gasteiger partial charge in [0.1, 0.15) is 17.2 Å². The maximum absolute atomic E-state index is 12.7. The normalized spacial score (nSPS) is 10.5. The molecule has 0 aliphatic rings. The number of hydrogen-bond donors (Lipinski definition) is 1. The first kappa shape index (κ1) is 18.2. The van der Waals surface area contributed by atoms with Gasteiger partial charge in [-0.2, -0.15) is 0 Å². The third kappa shape index (κ3) is 4.97. The molecule has 8 nitrogen and oxygen atoms in total. The molecule has 27 heavy (non-hydrogen) atoms. The number of furan rings is 2. The number of amides is 1. The Balaban J connectivity index is 1.61. The lowest BCUT2D eigenvalue weighted by atomic mass is 10.2. The molecule has 140 valence electrons. The van der Waals surface area contributed by atoms with Crippen molar-refractivity contribution in [1.29, 1.82) is 0 Å². The molecule has 0 saturated heterocycles. The van der Waals surface area contributed by atoms with E-state index >= 15 is 0 Å². The molecular formula is C19H19N3O5. The van der Waals surface area contributed by atoms with Gasteiger partial charge in [-0.05, 0) is 30.3 Å². The van der Waals surface area contributed by atoms with Crippen LogP contribution in [0.3, 0.4) is 0 Å². The fourth-order valence-corrected chi connectivity index (χ4v) is 2.66. The van der Waals surface area contributed by atoms with Gasteiger partial charge in [0.05, 0.1) is 30.5 Å². The van der Waals surface area contributed by atoms with Crippen molar-refractivity contribution >= 4 is 17.3 Å². The van der Waals surface area contributed by atoms with Crippen LogP contribution in [-0.2, 0) is 17.9 Å². The van der Waals surface area contributed by atoms with Crippen LogP contribution in [0.4, 0.5) is 11.4 Å². The Morgan fingerprint density at radius 3 is 2.19 bits per heavy atom. The van der Waals surface area contributed by atoms with E-state index in [-0.39, 0.29) is 24.6 Å². The zero-order valence-electron chi connectivity index (χ0n) is 14.5. The van der Waals surface area contributed by atoms with Gasteiger partial charge in [-0.25, -0.2) is 0 Å². The highest BCUT2D eigenvalue weighted by molar-refractivity contribution is 5.77. The fraction of sp³-hybridized carbons (Fsp3) is 0.211. The Labute approximate surface area is 155 Å². The van der Waals surface area contributed by atoms with Crippen molar-refractivity contribution in [3.8, 4) is 0 Å². The number of anilines is 1. The number of nitrogens with zero attached hydrogens (tertiary/aromatic N) is 2. The molecule has 2 aromatic heterocycles. The summed E-state index contributed by atoms with van der Waals surface area (Å²) in [6.07, 6.45) is 3.29. The minimum Gasteiger partial charge on any atom is -0.467 e. The van der Waals surface area contributed by atoms with E-state index in [0.29, 0.717) is 30.3 Å². The van der Waals surface area contributed by atoms with Gasteiger partial charge < -0.3 is 19.1 Å². The van der Waals surface area contributed by atoms with Gasteiger partial charge in [0.2, 0.25) is 5.91 Å². The van der Waals surface area contributed by atoms with E-state index in [0.717, 1.165) is 0 Å². The highest BCUT2D eigenvalue weighted by atomic mass is 16.6. The monoisotopic (exact) mass is 369 g/mol. The van der Waals surface area contributed by atoms with Crippen molar-refractivity contribution < 1.29 is 18.6 Å². The number of nitrogens with one attached hydrogen (secondary N) is 1. The molecule has 8 heteroatoms. The lowest BCUT2D eigenvalue weighted by molar-refractivity contribution is -0.384. The van der Waals surface area contributed by atoms with Crippen molar-refractivity contribution in [3.63, 3.8) is 0 Å². The maximum Gasteiger partial charge on any atom is 0.292 e. The molecule has 0 bridgehead atoms. The van der Waals surface area contributed by atoms with E-state index in [1.54, 1.807) is 59.9 Å². The second kappa shape index (κ2) is 8.70. The SMILES string of the molecule is O=C(CCNc1ccccc1[N+](=O)[O-])N(Cc1ccco1)Cc1ccco1. The molecule has 0 atom stereocenters. The van der Waals surface area contributed by atoms with Crippen molar-refractivity contribution in [2.24, 2.45) is 0 Å². The van der Waals surface area contributed by atoms with Crippen molar-refractivity contribution in [2.45, 2.75) is 19.5 Å². The molecule has 0 aliphatic carbocycles. The maximum atomic E-state index is 12.7. The number of rotatable bonds is 9. The van der Waals surface area contributed by atoms with Gasteiger partial charge in [0, 0.05) is 19.0 Å². The molecule has 3 aromatic rings. The Morgan fingerprint density at radius 1 is 1.00 bits per heavy atom. The number of nitro groups is 1. The van der Waals surface area contributed by atoms with E-state index in [1.165, 1.54) is 6.07 Å². The number of carbonyl (C=O) groups excluding carboxylic acids is 1. The summed E-state index contributed by atoms with van der Waals surface area (Å²) in [4.78, 5) is 24.9. The lowest BCUT2D eigenvalue weighted by Gasteiger charge is -2.21. The highest BCUT2D eigenvalue weighted by Gasteiger charge is 2.18. The number of benzene rings is 1. The predicted molar refractivity (Wildman–Crippen MR) is 97.9 cm³/mol. The third-order valence-electron chi connectivity index (χ3n) is 3.96. The highest BCUT2D eigenvalue weighted by Crippen LogP contribution is 2.23. The van der Waals surface area contributed by atoms with Crippen LogP contribution in [0.5, 0.6) is 0 Å². The van der Waals surface area contributed by atoms with E-state index < -0.39 is 4.92 Å². The molecule has 0 aliphatic heterocycles. The molecule has 1 amide bonds. The van der Waals surface area contributed by atoms with Crippen molar-refractivity contribution in [2.75, 3.05) is 11.9 Å². The van der Waals surface area contributed by atoms with Gasteiger partial charge in [0.25, 0.3) is 5.69 Å². The van der Waals surface area contributed by atoms with E-state index in [9.17, 15) is 14.9 Å². The summed E-state index contributed by atoms with van der Waals surface area (Å²) >= 11 is 0. The minimum atomic E-state index is -0.454. The van der Waals surface area contributed by atoms with Crippen molar-refractivity contribution in [1.82, 2.24) is 4.90 Å². The van der Waals surface area contributed by atoms with Crippen LogP contribution in [0, 0.1) is 10.1 Å². The Hall–Kier alpha value is -3.55. The first-order valence-electron chi connectivity index (χ1n) is 8.43. The van der Waals surface area contributed by atoms with Crippen LogP contribution < -0.4 is 5.32 Å². The minimum absolute atomic E-state index is 0.0204. The van der Waals surface area contributed by atoms with E-state index in [4.69, 9.17) is 8.83 Å². The molecule has 0 saturated carbocycles. The number of nitro benzene ring substituents is 1. The second-order valence-corrected chi connectivity index (χ2v) is 5.86. The Bertz CT molecular complexity index is 838. The van der Waals surface area contributed by atoms with Gasteiger partial charge >= 0.3 is 0 Å². The topological polar surface area (TPSA) is 102 Å². The van der Waals surface area contributed by atoms with E-state index in [2.05, 4.69) is 5.32 Å². The predicted octanol–water partition coefficient (Wildman–Crippen LogP) is 3.81. The number of para-hydroxylation sites is 2. The molecule has 0 radical (unpaired) electrons. The quantitative estimate of drug-likeness (QED) is 0.454. The zero-order valence-corrected chi connectivity index (χ0v) is 14.5. The lowest BCUT2D eigenvalue weighted by Crippen LogP contribution is -2.31. The number of hydrogen-bond acceptors (Lipinski definition) is 6. The summed E-state index contributed by atoms with van der Waals surface area (Å²) < 4.78 is 10.7. The molecule has 0 unspecified atom stereocenters. The van der Waals surface area contributed by atoms with Gasteiger partial charge in [0.15, 0.2) is 0 Å². The summed E-state index contributed by atoms with van der Waals surface area (Å²) in [5, 5.41) is 14.0. The first-order valence-corrected chi connectivity index (χ1v) is 8.43. The number of carbonyl (C=O) groups is 1. The van der Waals surface area contributed by atoms with Crippen LogP contribution in [0.25, 0.3) is 0 Å². The fourth-order valence-electron chi connectivity index (χ4n) is 2.66. The summed E-state index contributed by atoms with van der Waals surface area (Å²) in [7, 11) is 0. The van der Waals surface area contributed by atoms with Crippen LogP contribution in [0.2, 0.25) is 0 Å². The third-order valence-corrected chi connectivity index (χ3v) is 3.96. The van der Waals surface area contributed by atoms with Crippen LogP contribution >= 0.6 is 0 Å². The van der Waals surface area contributed by atoms with Crippen molar-refractivity contribution in [3.05, 3.63) is 82.7 Å². The van der Waals surface area contributed by atoms with Crippen LogP contribution in [0.15, 0.2) is 69.9 Å². The molecule has 1 aromatic carbocycles. The van der Waals surface area contributed by atoms with Gasteiger partial charge in [-0.3, -0.25) is 14.9 Å².